The molecule has 0 radical (unpaired) electrons. The Bertz CT molecular complexity index is 527. The lowest BCUT2D eigenvalue weighted by molar-refractivity contribution is 0.169. The Hall–Kier alpha value is -1.20. The van der Waals surface area contributed by atoms with E-state index < -0.39 is 6.10 Å². The van der Waals surface area contributed by atoms with Crippen LogP contribution in [0, 0.1) is 5.82 Å². The Labute approximate surface area is 107 Å². The molecule has 0 aliphatic rings. The van der Waals surface area contributed by atoms with Crippen LogP contribution in [-0.4, -0.2) is 14.7 Å². The number of hydrogen-bond acceptors (Lipinski definition) is 2. The molecule has 0 saturated heterocycles. The van der Waals surface area contributed by atoms with Crippen LogP contribution in [0.5, 0.6) is 0 Å². The number of aromatic nitrogens is 2. The van der Waals surface area contributed by atoms with Crippen LogP contribution >= 0.6 is 15.9 Å². The summed E-state index contributed by atoms with van der Waals surface area (Å²) in [5, 5.41) is 10.00. The van der Waals surface area contributed by atoms with E-state index in [0.717, 1.165) is 0 Å². The molecule has 3 nitrogen and oxygen atoms in total. The van der Waals surface area contributed by atoms with Crippen LogP contribution in [0.1, 0.15) is 17.4 Å². The van der Waals surface area contributed by atoms with Gasteiger partial charge >= 0.3 is 0 Å². The van der Waals surface area contributed by atoms with E-state index in [1.54, 1.807) is 36.3 Å². The van der Waals surface area contributed by atoms with E-state index >= 15 is 0 Å². The molecule has 2 rings (SSSR count). The van der Waals surface area contributed by atoms with Crippen LogP contribution in [0.25, 0.3) is 0 Å². The molecule has 1 aromatic carbocycles. The van der Waals surface area contributed by atoms with Crippen LogP contribution in [0.2, 0.25) is 0 Å². The van der Waals surface area contributed by atoms with Crippen molar-refractivity contribution in [1.82, 2.24) is 9.55 Å². The molecule has 0 aliphatic carbocycles. The van der Waals surface area contributed by atoms with Gasteiger partial charge in [-0.3, -0.25) is 0 Å². The molecule has 1 unspecified atom stereocenters. The van der Waals surface area contributed by atoms with Gasteiger partial charge in [-0.05, 0) is 17.7 Å². The van der Waals surface area contributed by atoms with Crippen molar-refractivity contribution in [1.29, 1.82) is 0 Å². The molecule has 0 fully saturated rings. The lowest BCUT2D eigenvalue weighted by Gasteiger charge is -2.12. The number of benzene rings is 1. The van der Waals surface area contributed by atoms with Crippen LogP contribution in [0.4, 0.5) is 4.39 Å². The van der Waals surface area contributed by atoms with Gasteiger partial charge in [-0.15, -0.1) is 0 Å². The quantitative estimate of drug-likeness (QED) is 0.946. The van der Waals surface area contributed by atoms with Gasteiger partial charge in [-0.1, -0.05) is 22.0 Å². The van der Waals surface area contributed by atoms with Gasteiger partial charge in [0.15, 0.2) is 0 Å². The minimum absolute atomic E-state index is 0.235. The summed E-state index contributed by atoms with van der Waals surface area (Å²) in [6.07, 6.45) is 2.68. The lowest BCUT2D eigenvalue weighted by atomic mass is 10.1. The second-order valence-electron chi connectivity index (χ2n) is 3.89. The molecular weight excluding hydrogens is 287 g/mol. The summed E-state index contributed by atoms with van der Waals surface area (Å²) < 4.78 is 16.0. The smallest absolute Gasteiger partial charge is 0.127 e. The molecule has 1 N–H and O–H groups in total. The summed E-state index contributed by atoms with van der Waals surface area (Å²) in [6, 6.07) is 4.82. The molecule has 17 heavy (non-hydrogen) atoms. The van der Waals surface area contributed by atoms with Crippen molar-refractivity contribution in [2.45, 2.75) is 12.5 Å². The maximum atomic E-state index is 13.6. The van der Waals surface area contributed by atoms with Gasteiger partial charge in [0.2, 0.25) is 0 Å². The van der Waals surface area contributed by atoms with Crippen molar-refractivity contribution in [2.75, 3.05) is 0 Å². The highest BCUT2D eigenvalue weighted by molar-refractivity contribution is 9.10. The molecule has 1 aromatic heterocycles. The second kappa shape index (κ2) is 4.98. The SMILES string of the molecule is Cn1cncc1C(O)Cc1ccc(Br)cc1F. The van der Waals surface area contributed by atoms with Gasteiger partial charge in [0.05, 0.1) is 24.3 Å². The van der Waals surface area contributed by atoms with E-state index in [1.165, 1.54) is 6.07 Å². The standard InChI is InChI=1S/C12H12BrFN2O/c1-16-7-15-6-11(16)12(17)4-8-2-3-9(13)5-10(8)14/h2-3,5-7,12,17H,4H2,1H3. The van der Waals surface area contributed by atoms with Gasteiger partial charge in [0, 0.05) is 17.9 Å². The first-order chi connectivity index (χ1) is 8.08. The van der Waals surface area contributed by atoms with Gasteiger partial charge in [-0.2, -0.15) is 0 Å². The maximum Gasteiger partial charge on any atom is 0.127 e. The Balaban J connectivity index is 2.19. The summed E-state index contributed by atoms with van der Waals surface area (Å²) >= 11 is 3.20. The zero-order valence-corrected chi connectivity index (χ0v) is 10.9. The van der Waals surface area contributed by atoms with Crippen LogP contribution < -0.4 is 0 Å². The van der Waals surface area contributed by atoms with E-state index in [2.05, 4.69) is 20.9 Å². The normalized spacial score (nSPS) is 12.7. The molecule has 0 saturated carbocycles. The van der Waals surface area contributed by atoms with Crippen molar-refractivity contribution in [3.63, 3.8) is 0 Å². The molecule has 1 atom stereocenters. The topological polar surface area (TPSA) is 38.0 Å². The zero-order chi connectivity index (χ0) is 12.4. The van der Waals surface area contributed by atoms with E-state index in [1.807, 2.05) is 0 Å². The number of aryl methyl sites for hydroxylation is 1. The van der Waals surface area contributed by atoms with Gasteiger partial charge < -0.3 is 9.67 Å². The van der Waals surface area contributed by atoms with E-state index in [0.29, 0.717) is 15.7 Å². The lowest BCUT2D eigenvalue weighted by Crippen LogP contribution is -2.07. The minimum atomic E-state index is -0.752. The molecule has 1 heterocycles. The predicted molar refractivity (Wildman–Crippen MR) is 66.0 cm³/mol. The number of rotatable bonds is 3. The number of hydrogen-bond donors (Lipinski definition) is 1. The fraction of sp³-hybridized carbons (Fsp3) is 0.250. The monoisotopic (exact) mass is 298 g/mol. The number of halogens is 2. The van der Waals surface area contributed by atoms with Crippen LogP contribution in [-0.2, 0) is 13.5 Å². The Morgan fingerprint density at radius 2 is 2.29 bits per heavy atom. The van der Waals surface area contributed by atoms with Crippen molar-refractivity contribution in [3.05, 3.63) is 52.3 Å². The number of aliphatic hydroxyl groups is 1. The average Bonchev–Trinajstić information content (AvgIpc) is 2.68. The van der Waals surface area contributed by atoms with E-state index in [9.17, 15) is 9.50 Å². The fourth-order valence-corrected chi connectivity index (χ4v) is 2.02. The largest absolute Gasteiger partial charge is 0.386 e. The fourth-order valence-electron chi connectivity index (χ4n) is 1.69. The third-order valence-corrected chi connectivity index (χ3v) is 3.12. The van der Waals surface area contributed by atoms with E-state index in [4.69, 9.17) is 0 Å². The molecular formula is C12H12BrFN2O. The number of aliphatic hydroxyl groups excluding tert-OH is 1. The maximum absolute atomic E-state index is 13.6. The summed E-state index contributed by atoms with van der Waals surface area (Å²) in [5.74, 6) is -0.319. The van der Waals surface area contributed by atoms with Crippen molar-refractivity contribution in [3.8, 4) is 0 Å². The molecule has 5 heteroatoms. The number of imidazole rings is 1. The van der Waals surface area contributed by atoms with Gasteiger partial charge in [-0.25, -0.2) is 9.37 Å². The first-order valence-electron chi connectivity index (χ1n) is 5.16. The Morgan fingerprint density at radius 3 is 2.88 bits per heavy atom. The highest BCUT2D eigenvalue weighted by Crippen LogP contribution is 2.21. The zero-order valence-electron chi connectivity index (χ0n) is 9.27. The molecule has 0 amide bonds. The predicted octanol–water partition coefficient (Wildman–Crippen LogP) is 2.60. The third kappa shape index (κ3) is 2.73. The molecule has 90 valence electrons. The number of nitrogens with zero attached hydrogens (tertiary/aromatic N) is 2. The Morgan fingerprint density at radius 1 is 1.53 bits per heavy atom. The van der Waals surface area contributed by atoms with Crippen molar-refractivity contribution >= 4 is 15.9 Å². The first kappa shape index (κ1) is 12.3. The first-order valence-corrected chi connectivity index (χ1v) is 5.95. The van der Waals surface area contributed by atoms with Crippen molar-refractivity contribution in [2.24, 2.45) is 7.05 Å². The van der Waals surface area contributed by atoms with Gasteiger partial charge in [0.1, 0.15) is 5.82 Å². The summed E-state index contributed by atoms with van der Waals surface area (Å²) in [7, 11) is 1.80. The second-order valence-corrected chi connectivity index (χ2v) is 4.80. The molecule has 0 aliphatic heterocycles. The van der Waals surface area contributed by atoms with Crippen LogP contribution in [0.15, 0.2) is 35.2 Å². The summed E-state index contributed by atoms with van der Waals surface area (Å²) in [6.45, 7) is 0. The van der Waals surface area contributed by atoms with Crippen molar-refractivity contribution < 1.29 is 9.50 Å². The highest BCUT2D eigenvalue weighted by Gasteiger charge is 2.14. The molecule has 2 aromatic rings. The average molecular weight is 299 g/mol. The van der Waals surface area contributed by atoms with Crippen LogP contribution in [0.3, 0.4) is 0 Å². The molecule has 0 spiro atoms. The van der Waals surface area contributed by atoms with E-state index in [-0.39, 0.29) is 12.2 Å². The summed E-state index contributed by atoms with van der Waals surface area (Å²) in [4.78, 5) is 3.92. The molecule has 0 bridgehead atoms. The Kier molecular flexibility index (Phi) is 3.59. The third-order valence-electron chi connectivity index (χ3n) is 2.62. The highest BCUT2D eigenvalue weighted by atomic mass is 79.9. The summed E-state index contributed by atoms with van der Waals surface area (Å²) in [5.41, 5.74) is 1.16. The van der Waals surface area contributed by atoms with Gasteiger partial charge in [0.25, 0.3) is 0 Å². The minimum Gasteiger partial charge on any atom is -0.386 e.